The van der Waals surface area contributed by atoms with Gasteiger partial charge in [-0.1, -0.05) is 12.1 Å². The molecule has 0 saturated heterocycles. The molecule has 162 valence electrons. The highest BCUT2D eigenvalue weighted by Gasteiger charge is 2.54. The van der Waals surface area contributed by atoms with Crippen molar-refractivity contribution in [3.05, 3.63) is 54.1 Å². The minimum atomic E-state index is -0.203. The SMILES string of the molecule is CCOc1ccccc1NC(=O)c1ccc(NC(=O)C23CC4CC(CC(C4)C2)C3)cc1. The quantitative estimate of drug-likeness (QED) is 0.652. The van der Waals surface area contributed by atoms with Crippen LogP contribution in [0.15, 0.2) is 48.5 Å². The van der Waals surface area contributed by atoms with Crippen LogP contribution in [0.3, 0.4) is 0 Å². The van der Waals surface area contributed by atoms with Crippen molar-refractivity contribution in [2.24, 2.45) is 23.2 Å². The summed E-state index contributed by atoms with van der Waals surface area (Å²) in [7, 11) is 0. The number of hydrogen-bond acceptors (Lipinski definition) is 3. The first kappa shape index (κ1) is 20.1. The van der Waals surface area contributed by atoms with Gasteiger partial charge in [0.1, 0.15) is 5.75 Å². The highest BCUT2D eigenvalue weighted by molar-refractivity contribution is 6.05. The maximum atomic E-state index is 13.2. The number of carbonyl (C=O) groups excluding carboxylic acids is 2. The summed E-state index contributed by atoms with van der Waals surface area (Å²) in [6, 6.07) is 14.6. The van der Waals surface area contributed by atoms with Gasteiger partial charge in [-0.05, 0) is 99.6 Å². The fourth-order valence-electron chi connectivity index (χ4n) is 6.40. The molecule has 0 aromatic heterocycles. The fourth-order valence-corrected chi connectivity index (χ4v) is 6.40. The Hall–Kier alpha value is -2.82. The van der Waals surface area contributed by atoms with E-state index in [1.165, 1.54) is 19.3 Å². The van der Waals surface area contributed by atoms with E-state index in [0.29, 0.717) is 23.6 Å². The van der Waals surface area contributed by atoms with Crippen molar-refractivity contribution in [2.75, 3.05) is 17.2 Å². The van der Waals surface area contributed by atoms with Crippen molar-refractivity contribution in [1.82, 2.24) is 0 Å². The van der Waals surface area contributed by atoms with E-state index >= 15 is 0 Å². The van der Waals surface area contributed by atoms with Gasteiger partial charge in [0.15, 0.2) is 0 Å². The molecule has 0 aliphatic heterocycles. The zero-order valence-corrected chi connectivity index (χ0v) is 18.0. The number of hydrogen-bond donors (Lipinski definition) is 2. The molecule has 4 aliphatic carbocycles. The van der Waals surface area contributed by atoms with Gasteiger partial charge in [-0.25, -0.2) is 0 Å². The predicted octanol–water partition coefficient (Wildman–Crippen LogP) is 5.49. The lowest BCUT2D eigenvalue weighted by Crippen LogP contribution is -2.51. The number of para-hydroxylation sites is 2. The number of carbonyl (C=O) groups is 2. The molecule has 0 radical (unpaired) electrons. The van der Waals surface area contributed by atoms with Crippen molar-refractivity contribution >= 4 is 23.2 Å². The minimum Gasteiger partial charge on any atom is -0.492 e. The number of nitrogens with one attached hydrogen (secondary N) is 2. The van der Waals surface area contributed by atoms with Gasteiger partial charge >= 0.3 is 0 Å². The molecule has 0 heterocycles. The molecule has 0 spiro atoms. The molecular weight excluding hydrogens is 388 g/mol. The maximum Gasteiger partial charge on any atom is 0.255 e. The minimum absolute atomic E-state index is 0.173. The van der Waals surface area contributed by atoms with Gasteiger partial charge in [-0.2, -0.15) is 0 Å². The summed E-state index contributed by atoms with van der Waals surface area (Å²) in [6.45, 7) is 2.44. The third-order valence-electron chi connectivity index (χ3n) is 7.36. The van der Waals surface area contributed by atoms with Crippen molar-refractivity contribution < 1.29 is 14.3 Å². The number of anilines is 2. The fraction of sp³-hybridized carbons (Fsp3) is 0.462. The third-order valence-corrected chi connectivity index (χ3v) is 7.36. The summed E-state index contributed by atoms with van der Waals surface area (Å²) in [5.74, 6) is 2.84. The standard InChI is InChI=1S/C26H30N2O3/c1-2-31-23-6-4-3-5-22(23)28-24(29)20-7-9-21(10-8-20)27-25(30)26-14-17-11-18(15-26)13-19(12-17)16-26/h3-10,17-19H,2,11-16H2,1H3,(H,27,30)(H,28,29). The Balaban J connectivity index is 1.24. The maximum absolute atomic E-state index is 13.2. The van der Waals surface area contributed by atoms with Crippen LogP contribution in [-0.2, 0) is 4.79 Å². The van der Waals surface area contributed by atoms with E-state index in [2.05, 4.69) is 10.6 Å². The normalized spacial score (nSPS) is 28.2. The summed E-state index contributed by atoms with van der Waals surface area (Å²) in [5.41, 5.74) is 1.77. The first-order valence-corrected chi connectivity index (χ1v) is 11.5. The topological polar surface area (TPSA) is 67.4 Å². The van der Waals surface area contributed by atoms with Crippen molar-refractivity contribution in [1.29, 1.82) is 0 Å². The second kappa shape index (κ2) is 8.03. The number of rotatable bonds is 6. The van der Waals surface area contributed by atoms with Gasteiger partial charge in [0.25, 0.3) is 5.91 Å². The van der Waals surface area contributed by atoms with Gasteiger partial charge in [-0.15, -0.1) is 0 Å². The second-order valence-corrected chi connectivity index (χ2v) is 9.61. The van der Waals surface area contributed by atoms with Crippen LogP contribution in [0.2, 0.25) is 0 Å². The summed E-state index contributed by atoms with van der Waals surface area (Å²) in [4.78, 5) is 25.9. The summed E-state index contributed by atoms with van der Waals surface area (Å²) in [6.07, 6.45) is 7.11. The van der Waals surface area contributed by atoms with Crippen LogP contribution in [0.1, 0.15) is 55.8 Å². The van der Waals surface area contributed by atoms with E-state index in [9.17, 15) is 9.59 Å². The Morgan fingerprint density at radius 1 is 0.903 bits per heavy atom. The lowest BCUT2D eigenvalue weighted by Gasteiger charge is -2.55. The first-order valence-electron chi connectivity index (χ1n) is 11.5. The second-order valence-electron chi connectivity index (χ2n) is 9.61. The van der Waals surface area contributed by atoms with Gasteiger partial charge in [0, 0.05) is 11.3 Å². The predicted molar refractivity (Wildman–Crippen MR) is 121 cm³/mol. The van der Waals surface area contributed by atoms with Crippen LogP contribution < -0.4 is 15.4 Å². The van der Waals surface area contributed by atoms with Crippen LogP contribution in [0, 0.1) is 23.2 Å². The molecule has 4 fully saturated rings. The zero-order chi connectivity index (χ0) is 21.4. The Bertz CT molecular complexity index is 947. The molecule has 5 nitrogen and oxygen atoms in total. The van der Waals surface area contributed by atoms with Gasteiger partial charge in [0.2, 0.25) is 5.91 Å². The Morgan fingerprint density at radius 3 is 2.13 bits per heavy atom. The zero-order valence-electron chi connectivity index (χ0n) is 18.0. The van der Waals surface area contributed by atoms with Gasteiger partial charge in [-0.3, -0.25) is 9.59 Å². The van der Waals surface area contributed by atoms with Crippen molar-refractivity contribution in [3.8, 4) is 5.75 Å². The largest absolute Gasteiger partial charge is 0.492 e. The first-order chi connectivity index (χ1) is 15.0. The number of benzene rings is 2. The molecule has 4 bridgehead atoms. The molecule has 2 amide bonds. The molecule has 6 rings (SSSR count). The Morgan fingerprint density at radius 2 is 1.52 bits per heavy atom. The molecule has 2 N–H and O–H groups in total. The van der Waals surface area contributed by atoms with E-state index in [-0.39, 0.29) is 17.2 Å². The molecule has 0 atom stereocenters. The highest BCUT2D eigenvalue weighted by atomic mass is 16.5. The van der Waals surface area contributed by atoms with E-state index in [4.69, 9.17) is 4.74 Å². The van der Waals surface area contributed by atoms with Crippen LogP contribution in [-0.4, -0.2) is 18.4 Å². The molecule has 31 heavy (non-hydrogen) atoms. The van der Waals surface area contributed by atoms with Crippen LogP contribution in [0.4, 0.5) is 11.4 Å². The summed E-state index contributed by atoms with van der Waals surface area (Å²) in [5, 5.41) is 6.06. The average molecular weight is 419 g/mol. The lowest BCUT2D eigenvalue weighted by atomic mass is 9.49. The van der Waals surface area contributed by atoms with Gasteiger partial charge < -0.3 is 15.4 Å². The smallest absolute Gasteiger partial charge is 0.255 e. The van der Waals surface area contributed by atoms with E-state index in [1.54, 1.807) is 12.1 Å². The lowest BCUT2D eigenvalue weighted by molar-refractivity contribution is -0.140. The highest BCUT2D eigenvalue weighted by Crippen LogP contribution is 2.60. The Labute approximate surface area is 183 Å². The number of ether oxygens (including phenoxy) is 1. The molecule has 4 aliphatic rings. The van der Waals surface area contributed by atoms with Crippen LogP contribution >= 0.6 is 0 Å². The third kappa shape index (κ3) is 3.93. The summed E-state index contributed by atoms with van der Waals surface area (Å²) < 4.78 is 5.57. The van der Waals surface area contributed by atoms with E-state index in [0.717, 1.165) is 42.7 Å². The molecular formula is C26H30N2O3. The van der Waals surface area contributed by atoms with Crippen LogP contribution in [0.25, 0.3) is 0 Å². The van der Waals surface area contributed by atoms with Crippen LogP contribution in [0.5, 0.6) is 5.75 Å². The number of amides is 2. The van der Waals surface area contributed by atoms with E-state index < -0.39 is 0 Å². The van der Waals surface area contributed by atoms with Gasteiger partial charge in [0.05, 0.1) is 17.7 Å². The van der Waals surface area contributed by atoms with E-state index in [1.807, 2.05) is 43.3 Å². The molecule has 2 aromatic carbocycles. The summed E-state index contributed by atoms with van der Waals surface area (Å²) >= 11 is 0. The average Bonchev–Trinajstić information content (AvgIpc) is 2.75. The molecule has 5 heteroatoms. The van der Waals surface area contributed by atoms with Crippen molar-refractivity contribution in [2.45, 2.75) is 45.4 Å². The monoisotopic (exact) mass is 418 g/mol. The Kier molecular flexibility index (Phi) is 5.20. The molecule has 4 saturated carbocycles. The molecule has 2 aromatic rings. The molecule has 0 unspecified atom stereocenters. The van der Waals surface area contributed by atoms with Crippen molar-refractivity contribution in [3.63, 3.8) is 0 Å².